The molecule has 0 radical (unpaired) electrons. The average molecular weight is 285 g/mol. The molecule has 0 aliphatic carbocycles. The van der Waals surface area contributed by atoms with Gasteiger partial charge >= 0.3 is 11.9 Å². The highest BCUT2D eigenvalue weighted by atomic mass is 16.6. The topological polar surface area (TPSA) is 55.8 Å². The number of likely N-dealkylation sites (tertiary alicyclic amines) is 1. The van der Waals surface area contributed by atoms with Gasteiger partial charge in [-0.2, -0.15) is 0 Å². The number of esters is 2. The Morgan fingerprint density at radius 1 is 0.950 bits per heavy atom. The van der Waals surface area contributed by atoms with Crippen molar-refractivity contribution in [3.05, 3.63) is 0 Å². The van der Waals surface area contributed by atoms with Crippen LogP contribution in [0.25, 0.3) is 0 Å². The zero-order chi connectivity index (χ0) is 14.6. The Morgan fingerprint density at radius 3 is 2.35 bits per heavy atom. The lowest BCUT2D eigenvalue weighted by molar-refractivity contribution is -0.154. The summed E-state index contributed by atoms with van der Waals surface area (Å²) in [6.45, 7) is 6.02. The molecule has 1 saturated heterocycles. The predicted molar refractivity (Wildman–Crippen MR) is 76.4 cm³/mol. The summed E-state index contributed by atoms with van der Waals surface area (Å²) in [7, 11) is 0. The van der Waals surface area contributed by atoms with Gasteiger partial charge in [0.25, 0.3) is 0 Å². The van der Waals surface area contributed by atoms with Crippen LogP contribution < -0.4 is 0 Å². The Kier molecular flexibility index (Phi) is 9.04. The van der Waals surface area contributed by atoms with Gasteiger partial charge in [0.1, 0.15) is 6.42 Å². The van der Waals surface area contributed by atoms with Crippen molar-refractivity contribution in [3.8, 4) is 0 Å². The van der Waals surface area contributed by atoms with E-state index in [1.165, 1.54) is 32.4 Å². The molecule has 0 unspecified atom stereocenters. The minimum absolute atomic E-state index is 0.276. The molecule has 0 amide bonds. The van der Waals surface area contributed by atoms with Crippen LogP contribution in [-0.4, -0.2) is 49.7 Å². The third-order valence-electron chi connectivity index (χ3n) is 3.42. The standard InChI is InChI=1S/C15H27NO4/c1-2-19-14(17)13-15(18)20-12-8-4-7-11-16-9-5-3-6-10-16/h2-13H2,1H3. The van der Waals surface area contributed by atoms with Crippen molar-refractivity contribution >= 4 is 11.9 Å². The Labute approximate surface area is 121 Å². The molecular weight excluding hydrogens is 258 g/mol. The first-order valence-corrected chi connectivity index (χ1v) is 7.76. The summed E-state index contributed by atoms with van der Waals surface area (Å²) in [6.07, 6.45) is 6.81. The third kappa shape index (κ3) is 8.15. The molecule has 0 aromatic carbocycles. The van der Waals surface area contributed by atoms with Gasteiger partial charge in [-0.3, -0.25) is 9.59 Å². The molecular formula is C15H27NO4. The number of unbranched alkanes of at least 4 members (excludes halogenated alkanes) is 2. The van der Waals surface area contributed by atoms with E-state index in [1.807, 2.05) is 0 Å². The third-order valence-corrected chi connectivity index (χ3v) is 3.42. The maximum atomic E-state index is 11.3. The second-order valence-corrected chi connectivity index (χ2v) is 5.17. The molecule has 0 aromatic heterocycles. The zero-order valence-corrected chi connectivity index (χ0v) is 12.6. The van der Waals surface area contributed by atoms with Crippen LogP contribution in [-0.2, 0) is 19.1 Å². The maximum absolute atomic E-state index is 11.3. The summed E-state index contributed by atoms with van der Waals surface area (Å²) >= 11 is 0. The highest BCUT2D eigenvalue weighted by Crippen LogP contribution is 2.09. The van der Waals surface area contributed by atoms with Crippen LogP contribution in [0.1, 0.15) is 51.9 Å². The van der Waals surface area contributed by atoms with Gasteiger partial charge in [0, 0.05) is 0 Å². The molecule has 1 rings (SSSR count). The second-order valence-electron chi connectivity index (χ2n) is 5.17. The fraction of sp³-hybridized carbons (Fsp3) is 0.867. The van der Waals surface area contributed by atoms with E-state index in [0.29, 0.717) is 13.2 Å². The quantitative estimate of drug-likeness (QED) is 0.369. The molecule has 5 nitrogen and oxygen atoms in total. The van der Waals surface area contributed by atoms with Crippen LogP contribution in [0.3, 0.4) is 0 Å². The summed E-state index contributed by atoms with van der Waals surface area (Å²) in [6, 6.07) is 0. The molecule has 0 aromatic rings. The van der Waals surface area contributed by atoms with E-state index in [0.717, 1.165) is 25.8 Å². The molecule has 0 bridgehead atoms. The van der Waals surface area contributed by atoms with Crippen LogP contribution in [0, 0.1) is 0 Å². The molecule has 1 aliphatic heterocycles. The lowest BCUT2D eigenvalue weighted by atomic mass is 10.1. The van der Waals surface area contributed by atoms with Gasteiger partial charge in [-0.15, -0.1) is 0 Å². The average Bonchev–Trinajstić information content (AvgIpc) is 2.44. The van der Waals surface area contributed by atoms with Crippen molar-refractivity contribution < 1.29 is 19.1 Å². The van der Waals surface area contributed by atoms with E-state index >= 15 is 0 Å². The van der Waals surface area contributed by atoms with E-state index in [9.17, 15) is 9.59 Å². The van der Waals surface area contributed by atoms with Crippen molar-refractivity contribution in [2.45, 2.75) is 51.9 Å². The summed E-state index contributed by atoms with van der Waals surface area (Å²) < 4.78 is 9.68. The smallest absolute Gasteiger partial charge is 0.317 e. The number of ether oxygens (including phenoxy) is 2. The summed E-state index contributed by atoms with van der Waals surface area (Å²) in [4.78, 5) is 24.8. The van der Waals surface area contributed by atoms with Gasteiger partial charge in [-0.1, -0.05) is 6.42 Å². The van der Waals surface area contributed by atoms with Crippen LogP contribution in [0.5, 0.6) is 0 Å². The van der Waals surface area contributed by atoms with Crippen molar-refractivity contribution in [2.75, 3.05) is 32.8 Å². The van der Waals surface area contributed by atoms with Crippen LogP contribution in [0.2, 0.25) is 0 Å². The molecule has 1 aliphatic rings. The van der Waals surface area contributed by atoms with Gasteiger partial charge in [-0.25, -0.2) is 0 Å². The normalized spacial score (nSPS) is 15.8. The van der Waals surface area contributed by atoms with Crippen LogP contribution in [0.15, 0.2) is 0 Å². The number of carbonyl (C=O) groups is 2. The Bertz CT molecular complexity index is 288. The zero-order valence-electron chi connectivity index (χ0n) is 12.6. The molecule has 0 spiro atoms. The Balaban J connectivity index is 1.91. The van der Waals surface area contributed by atoms with E-state index in [4.69, 9.17) is 4.74 Å². The second kappa shape index (κ2) is 10.7. The van der Waals surface area contributed by atoms with E-state index in [2.05, 4.69) is 9.64 Å². The number of hydrogen-bond acceptors (Lipinski definition) is 5. The van der Waals surface area contributed by atoms with Gasteiger partial charge in [-0.05, 0) is 58.7 Å². The molecule has 116 valence electrons. The lowest BCUT2D eigenvalue weighted by Crippen LogP contribution is -2.30. The molecule has 1 heterocycles. The highest BCUT2D eigenvalue weighted by Gasteiger charge is 2.11. The number of nitrogens with zero attached hydrogens (tertiary/aromatic N) is 1. The van der Waals surface area contributed by atoms with Gasteiger partial charge < -0.3 is 14.4 Å². The minimum Gasteiger partial charge on any atom is -0.466 e. The van der Waals surface area contributed by atoms with Gasteiger partial charge in [0.05, 0.1) is 13.2 Å². The van der Waals surface area contributed by atoms with Crippen LogP contribution >= 0.6 is 0 Å². The van der Waals surface area contributed by atoms with Gasteiger partial charge in [0.15, 0.2) is 0 Å². The van der Waals surface area contributed by atoms with E-state index in [1.54, 1.807) is 6.92 Å². The number of hydrogen-bond donors (Lipinski definition) is 0. The van der Waals surface area contributed by atoms with Crippen molar-refractivity contribution in [3.63, 3.8) is 0 Å². The summed E-state index contributed by atoms with van der Waals surface area (Å²) in [5, 5.41) is 0. The van der Waals surface area contributed by atoms with Crippen molar-refractivity contribution in [2.24, 2.45) is 0 Å². The number of rotatable bonds is 9. The summed E-state index contributed by atoms with van der Waals surface area (Å²) in [5.41, 5.74) is 0. The predicted octanol–water partition coefficient (Wildman–Crippen LogP) is 2.14. The first kappa shape index (κ1) is 17.0. The minimum atomic E-state index is -0.511. The van der Waals surface area contributed by atoms with Gasteiger partial charge in [0.2, 0.25) is 0 Å². The van der Waals surface area contributed by atoms with Crippen molar-refractivity contribution in [1.29, 1.82) is 0 Å². The SMILES string of the molecule is CCOC(=O)CC(=O)OCCCCCN1CCCCC1. The fourth-order valence-corrected chi connectivity index (χ4v) is 2.36. The number of piperidine rings is 1. The maximum Gasteiger partial charge on any atom is 0.317 e. The Morgan fingerprint density at radius 2 is 1.65 bits per heavy atom. The monoisotopic (exact) mass is 285 g/mol. The molecule has 20 heavy (non-hydrogen) atoms. The first-order valence-electron chi connectivity index (χ1n) is 7.76. The highest BCUT2D eigenvalue weighted by molar-refractivity contribution is 5.91. The molecule has 1 fully saturated rings. The van der Waals surface area contributed by atoms with E-state index in [-0.39, 0.29) is 6.42 Å². The first-order chi connectivity index (χ1) is 9.72. The lowest BCUT2D eigenvalue weighted by Gasteiger charge is -2.26. The number of carbonyl (C=O) groups excluding carboxylic acids is 2. The molecule has 0 atom stereocenters. The molecule has 0 N–H and O–H groups in total. The molecule has 0 saturated carbocycles. The van der Waals surface area contributed by atoms with Crippen molar-refractivity contribution in [1.82, 2.24) is 4.90 Å². The molecule has 5 heteroatoms. The van der Waals surface area contributed by atoms with E-state index < -0.39 is 11.9 Å². The summed E-state index contributed by atoms with van der Waals surface area (Å²) in [5.74, 6) is -0.998. The van der Waals surface area contributed by atoms with Crippen LogP contribution in [0.4, 0.5) is 0 Å². The largest absolute Gasteiger partial charge is 0.466 e. The fourth-order valence-electron chi connectivity index (χ4n) is 2.36. The Hall–Kier alpha value is -1.10.